The highest BCUT2D eigenvalue weighted by molar-refractivity contribution is 6.36. The van der Waals surface area contributed by atoms with Crippen LogP contribution in [0.2, 0.25) is 10.0 Å². The molecule has 2 aliphatic rings. The zero-order valence-electron chi connectivity index (χ0n) is 23.9. The second-order valence-corrected chi connectivity index (χ2v) is 11.0. The Morgan fingerprint density at radius 2 is 1.79 bits per heavy atom. The topological polar surface area (TPSA) is 102 Å². The van der Waals surface area contributed by atoms with Crippen LogP contribution in [-0.2, 0) is 20.9 Å². The summed E-state index contributed by atoms with van der Waals surface area (Å²) in [6.45, 7) is 2.89. The van der Waals surface area contributed by atoms with Gasteiger partial charge >= 0.3 is 11.9 Å². The molecule has 1 aromatic heterocycles. The van der Waals surface area contributed by atoms with Gasteiger partial charge in [-0.2, -0.15) is 0 Å². The molecular weight excluding hydrogens is 587 g/mol. The predicted octanol–water partition coefficient (Wildman–Crippen LogP) is 8.59. The van der Waals surface area contributed by atoms with E-state index in [9.17, 15) is 9.59 Å². The number of carboxylic acid groups (broad SMARTS) is 2. The van der Waals surface area contributed by atoms with Gasteiger partial charge in [0.15, 0.2) is 0 Å². The maximum absolute atomic E-state index is 11.2. The standard InChI is InChI=1S/C34H34Cl2N2O5/c1-23(19-32-37-31(22-38(32)17-5-11-33(39)40)29-16-14-27(35)21-30(29)36)25-7-2-3-8-26(20-25)24-9-4-10-28(15-13-24)43-18-6-12-34(41)42/h3,7-10,13-16,19-22H,2,4-6,11-12,17-18H2,1H3,(H,39,40)(H,41,42)/b23-19+. The van der Waals surface area contributed by atoms with Crippen molar-refractivity contribution < 1.29 is 24.5 Å². The van der Waals surface area contributed by atoms with E-state index in [1.165, 1.54) is 0 Å². The fourth-order valence-corrected chi connectivity index (χ4v) is 5.20. The van der Waals surface area contributed by atoms with Crippen molar-refractivity contribution in [2.45, 2.75) is 52.0 Å². The Balaban J connectivity index is 1.56. The molecule has 2 aromatic rings. The zero-order chi connectivity index (χ0) is 30.8. The van der Waals surface area contributed by atoms with Crippen LogP contribution in [0.25, 0.3) is 17.3 Å². The van der Waals surface area contributed by atoms with Crippen molar-refractivity contribution in [2.75, 3.05) is 6.61 Å². The lowest BCUT2D eigenvalue weighted by molar-refractivity contribution is -0.138. The summed E-state index contributed by atoms with van der Waals surface area (Å²) >= 11 is 12.6. The normalized spacial score (nSPS) is 15.2. The molecule has 9 heteroatoms. The summed E-state index contributed by atoms with van der Waals surface area (Å²) in [6.07, 6.45) is 23.1. The minimum absolute atomic E-state index is 0.0623. The molecule has 1 aromatic carbocycles. The number of aryl methyl sites for hydroxylation is 1. The van der Waals surface area contributed by atoms with Gasteiger partial charge in [-0.15, -0.1) is 0 Å². The van der Waals surface area contributed by atoms with Crippen LogP contribution in [0.4, 0.5) is 0 Å². The Morgan fingerprint density at radius 1 is 1.00 bits per heavy atom. The Labute approximate surface area is 261 Å². The van der Waals surface area contributed by atoms with Gasteiger partial charge in [-0.1, -0.05) is 53.6 Å². The van der Waals surface area contributed by atoms with Crippen LogP contribution in [0.1, 0.15) is 51.3 Å². The Kier molecular flexibility index (Phi) is 11.4. The largest absolute Gasteiger partial charge is 0.494 e. The Bertz CT molecular complexity index is 1590. The van der Waals surface area contributed by atoms with Crippen LogP contribution >= 0.6 is 23.2 Å². The van der Waals surface area contributed by atoms with Crippen LogP contribution in [-0.4, -0.2) is 38.3 Å². The second kappa shape index (κ2) is 15.4. The van der Waals surface area contributed by atoms with Crippen molar-refractivity contribution in [3.63, 3.8) is 0 Å². The quantitative estimate of drug-likeness (QED) is 0.217. The molecule has 2 N–H and O–H groups in total. The van der Waals surface area contributed by atoms with Crippen LogP contribution in [0.3, 0.4) is 0 Å². The summed E-state index contributed by atoms with van der Waals surface area (Å²) in [5, 5.41) is 19.0. The number of ether oxygens (including phenoxy) is 1. The maximum atomic E-state index is 11.2. The van der Waals surface area contributed by atoms with E-state index in [4.69, 9.17) is 43.1 Å². The third kappa shape index (κ3) is 9.46. The number of allylic oxidation sites excluding steroid dienone is 12. The summed E-state index contributed by atoms with van der Waals surface area (Å²) < 4.78 is 7.73. The molecule has 0 atom stereocenters. The van der Waals surface area contributed by atoms with Gasteiger partial charge < -0.3 is 19.5 Å². The van der Waals surface area contributed by atoms with E-state index in [2.05, 4.69) is 30.4 Å². The lowest BCUT2D eigenvalue weighted by Gasteiger charge is -2.08. The molecule has 4 rings (SSSR count). The van der Waals surface area contributed by atoms with Crippen molar-refractivity contribution in [3.8, 4) is 11.3 Å². The van der Waals surface area contributed by atoms with Gasteiger partial charge in [0, 0.05) is 36.2 Å². The molecule has 2 aliphatic carbocycles. The first-order chi connectivity index (χ1) is 20.7. The third-order valence-corrected chi connectivity index (χ3v) is 7.46. The molecule has 0 radical (unpaired) electrons. The maximum Gasteiger partial charge on any atom is 0.303 e. The lowest BCUT2D eigenvalue weighted by atomic mass is 9.99. The van der Waals surface area contributed by atoms with Gasteiger partial charge in [0.25, 0.3) is 0 Å². The number of carboxylic acids is 2. The van der Waals surface area contributed by atoms with Gasteiger partial charge in [-0.25, -0.2) is 4.98 Å². The average molecular weight is 622 g/mol. The van der Waals surface area contributed by atoms with Crippen LogP contribution in [0.15, 0.2) is 101 Å². The lowest BCUT2D eigenvalue weighted by Crippen LogP contribution is -2.03. The molecule has 0 amide bonds. The Morgan fingerprint density at radius 3 is 2.56 bits per heavy atom. The monoisotopic (exact) mass is 620 g/mol. The molecule has 0 aliphatic heterocycles. The Hall–Kier alpha value is -4.07. The highest BCUT2D eigenvalue weighted by Gasteiger charge is 2.14. The SMILES string of the molecule is C/C(=C\c1nc(-c2ccc(Cl)cc2Cl)cn1CCCC(=O)O)C1=CCC=CC(C2=CCC=C(OCCCC(=O)O)C=C2)=C1. The fourth-order valence-electron chi connectivity index (χ4n) is 4.69. The predicted molar refractivity (Wildman–Crippen MR) is 171 cm³/mol. The van der Waals surface area contributed by atoms with Gasteiger partial charge in [-0.05, 0) is 97.4 Å². The first-order valence-electron chi connectivity index (χ1n) is 14.1. The number of nitrogens with zero attached hydrogens (tertiary/aromatic N) is 2. The molecule has 0 spiro atoms. The van der Waals surface area contributed by atoms with E-state index in [1.807, 2.05) is 48.1 Å². The van der Waals surface area contributed by atoms with Gasteiger partial charge in [0.05, 0.1) is 17.3 Å². The fraction of sp³-hybridized carbons (Fsp3) is 0.265. The highest BCUT2D eigenvalue weighted by atomic mass is 35.5. The van der Waals surface area contributed by atoms with Crippen molar-refractivity contribution in [3.05, 3.63) is 117 Å². The number of halogens is 2. The van der Waals surface area contributed by atoms with Crippen molar-refractivity contribution in [1.29, 1.82) is 0 Å². The molecule has 7 nitrogen and oxygen atoms in total. The summed E-state index contributed by atoms with van der Waals surface area (Å²) in [4.78, 5) is 26.8. The minimum Gasteiger partial charge on any atom is -0.494 e. The molecule has 1 heterocycles. The molecular formula is C34H34Cl2N2O5. The van der Waals surface area contributed by atoms with Gasteiger partial charge in [0.1, 0.15) is 11.6 Å². The van der Waals surface area contributed by atoms with E-state index < -0.39 is 11.9 Å². The van der Waals surface area contributed by atoms with Crippen LogP contribution in [0.5, 0.6) is 0 Å². The molecule has 0 saturated heterocycles. The molecule has 224 valence electrons. The van der Waals surface area contributed by atoms with E-state index in [-0.39, 0.29) is 12.8 Å². The average Bonchev–Trinajstić information content (AvgIpc) is 3.12. The number of hydrogen-bond donors (Lipinski definition) is 2. The van der Waals surface area contributed by atoms with E-state index in [1.54, 1.807) is 12.1 Å². The number of benzene rings is 1. The number of imidazole rings is 1. The van der Waals surface area contributed by atoms with Gasteiger partial charge in [-0.3, -0.25) is 9.59 Å². The number of aromatic nitrogens is 2. The van der Waals surface area contributed by atoms with E-state index in [0.29, 0.717) is 54.0 Å². The molecule has 0 fully saturated rings. The number of carbonyl (C=O) groups is 2. The molecule has 0 unspecified atom stereocenters. The van der Waals surface area contributed by atoms with Crippen LogP contribution < -0.4 is 0 Å². The zero-order valence-corrected chi connectivity index (χ0v) is 25.4. The number of rotatable bonds is 13. The highest BCUT2D eigenvalue weighted by Crippen LogP contribution is 2.31. The van der Waals surface area contributed by atoms with Gasteiger partial charge in [0.2, 0.25) is 0 Å². The van der Waals surface area contributed by atoms with E-state index >= 15 is 0 Å². The smallest absolute Gasteiger partial charge is 0.303 e. The summed E-state index contributed by atoms with van der Waals surface area (Å²) in [5.41, 5.74) is 5.63. The van der Waals surface area contributed by atoms with Crippen LogP contribution in [0, 0.1) is 0 Å². The van der Waals surface area contributed by atoms with E-state index in [0.717, 1.165) is 40.0 Å². The van der Waals surface area contributed by atoms with Crippen molar-refractivity contribution >= 4 is 41.2 Å². The third-order valence-electron chi connectivity index (χ3n) is 6.91. The number of hydrogen-bond acceptors (Lipinski definition) is 4. The van der Waals surface area contributed by atoms with Crippen molar-refractivity contribution in [1.82, 2.24) is 9.55 Å². The van der Waals surface area contributed by atoms with Crippen molar-refractivity contribution in [2.24, 2.45) is 0 Å². The summed E-state index contributed by atoms with van der Waals surface area (Å²) in [7, 11) is 0. The summed E-state index contributed by atoms with van der Waals surface area (Å²) in [5.74, 6) is -0.226. The molecule has 0 saturated carbocycles. The molecule has 43 heavy (non-hydrogen) atoms. The first-order valence-corrected chi connectivity index (χ1v) is 14.9. The second-order valence-electron chi connectivity index (χ2n) is 10.2. The first kappa shape index (κ1) is 31.9. The summed E-state index contributed by atoms with van der Waals surface area (Å²) in [6, 6.07) is 5.28. The minimum atomic E-state index is -0.836. The molecule has 0 bridgehead atoms. The number of aliphatic carboxylic acids is 2.